The lowest BCUT2D eigenvalue weighted by Gasteiger charge is -2.23. The topological polar surface area (TPSA) is 138 Å². The van der Waals surface area contributed by atoms with Crippen molar-refractivity contribution in [1.29, 1.82) is 0 Å². The molecule has 0 spiro atoms. The molecule has 2 aromatic rings. The Morgan fingerprint density at radius 2 is 1.66 bits per heavy atom. The second kappa shape index (κ2) is 7.84. The summed E-state index contributed by atoms with van der Waals surface area (Å²) in [6, 6.07) is 10.2. The summed E-state index contributed by atoms with van der Waals surface area (Å²) in [5, 5.41) is 30.7. The van der Waals surface area contributed by atoms with Gasteiger partial charge >= 0.3 is 5.97 Å². The van der Waals surface area contributed by atoms with Crippen LogP contribution < -0.4 is 0 Å². The lowest BCUT2D eigenvalue weighted by Crippen LogP contribution is -2.34. The molecule has 29 heavy (non-hydrogen) atoms. The minimum absolute atomic E-state index is 0.0889. The zero-order chi connectivity index (χ0) is 21.3. The van der Waals surface area contributed by atoms with Crippen molar-refractivity contribution in [3.63, 3.8) is 0 Å². The number of ketones is 1. The van der Waals surface area contributed by atoms with Gasteiger partial charge in [0.1, 0.15) is 12.3 Å². The van der Waals surface area contributed by atoms with Gasteiger partial charge in [-0.2, -0.15) is 0 Å². The van der Waals surface area contributed by atoms with Gasteiger partial charge in [0.15, 0.2) is 0 Å². The van der Waals surface area contributed by atoms with E-state index in [2.05, 4.69) is 15.9 Å². The molecule has 1 atom stereocenters. The van der Waals surface area contributed by atoms with Gasteiger partial charge in [-0.3, -0.25) is 24.5 Å². The molecule has 10 heteroatoms. The molecule has 1 fully saturated rings. The monoisotopic (exact) mass is 460 g/mol. The summed E-state index contributed by atoms with van der Waals surface area (Å²) >= 11 is 3.27. The molecule has 9 nitrogen and oxygen atoms in total. The minimum atomic E-state index is -1.32. The first-order valence-electron chi connectivity index (χ1n) is 8.21. The van der Waals surface area contributed by atoms with E-state index in [0.29, 0.717) is 5.56 Å². The van der Waals surface area contributed by atoms with E-state index in [1.165, 1.54) is 12.1 Å². The Kier molecular flexibility index (Phi) is 5.46. The molecule has 0 saturated carbocycles. The Morgan fingerprint density at radius 3 is 2.17 bits per heavy atom. The summed E-state index contributed by atoms with van der Waals surface area (Å²) in [5.41, 5.74) is 0.0212. The zero-order valence-corrected chi connectivity index (χ0v) is 16.2. The zero-order valence-electron chi connectivity index (χ0n) is 14.6. The Hall–Kier alpha value is -3.53. The number of nitrogens with zero attached hydrogens (tertiary/aromatic N) is 2. The number of benzene rings is 2. The number of carboxylic acid groups (broad SMARTS) is 1. The lowest BCUT2D eigenvalue weighted by molar-refractivity contribution is -0.384. The molecule has 0 aromatic heterocycles. The fourth-order valence-electron chi connectivity index (χ4n) is 3.08. The summed E-state index contributed by atoms with van der Waals surface area (Å²) < 4.78 is 0.729. The largest absolute Gasteiger partial charge is 0.507 e. The fraction of sp³-hybridized carbons (Fsp3) is 0.105. The molecule has 148 valence electrons. The van der Waals surface area contributed by atoms with E-state index < -0.39 is 40.9 Å². The van der Waals surface area contributed by atoms with Gasteiger partial charge in [0.2, 0.25) is 0 Å². The third-order valence-corrected chi connectivity index (χ3v) is 4.91. The molecule has 2 aromatic carbocycles. The van der Waals surface area contributed by atoms with Crippen LogP contribution in [0.3, 0.4) is 0 Å². The number of hydrogen-bond acceptors (Lipinski definition) is 6. The van der Waals surface area contributed by atoms with Crippen LogP contribution in [0.1, 0.15) is 17.2 Å². The Bertz CT molecular complexity index is 1050. The number of nitro benzene ring substituents is 1. The second-order valence-corrected chi connectivity index (χ2v) is 7.09. The van der Waals surface area contributed by atoms with Gasteiger partial charge in [-0.1, -0.05) is 28.1 Å². The van der Waals surface area contributed by atoms with Crippen molar-refractivity contribution in [2.45, 2.75) is 6.04 Å². The number of aliphatic hydroxyl groups excluding tert-OH is 1. The molecular formula is C19H13BrN2O7. The third kappa shape index (κ3) is 3.87. The number of halogens is 1. The molecule has 1 aliphatic heterocycles. The predicted octanol–water partition coefficient (Wildman–Crippen LogP) is 2.86. The van der Waals surface area contributed by atoms with E-state index in [9.17, 15) is 29.6 Å². The fourth-order valence-corrected chi connectivity index (χ4v) is 3.34. The van der Waals surface area contributed by atoms with Crippen molar-refractivity contribution < 1.29 is 29.5 Å². The van der Waals surface area contributed by atoms with E-state index in [-0.39, 0.29) is 16.8 Å². The summed E-state index contributed by atoms with van der Waals surface area (Å²) in [6.07, 6.45) is 0. The molecular weight excluding hydrogens is 448 g/mol. The van der Waals surface area contributed by atoms with Gasteiger partial charge in [-0.15, -0.1) is 0 Å². The normalized spacial score (nSPS) is 18.1. The van der Waals surface area contributed by atoms with Crippen LogP contribution in [-0.4, -0.2) is 44.2 Å². The highest BCUT2D eigenvalue weighted by atomic mass is 79.9. The first-order valence-corrected chi connectivity index (χ1v) is 9.00. The third-order valence-electron chi connectivity index (χ3n) is 4.38. The van der Waals surface area contributed by atoms with E-state index in [4.69, 9.17) is 5.11 Å². The number of non-ortho nitro benzene ring substituents is 1. The predicted molar refractivity (Wildman–Crippen MR) is 104 cm³/mol. The molecule has 3 rings (SSSR count). The lowest BCUT2D eigenvalue weighted by atomic mass is 9.95. The van der Waals surface area contributed by atoms with Crippen LogP contribution in [-0.2, 0) is 14.4 Å². The van der Waals surface area contributed by atoms with Crippen molar-refractivity contribution in [1.82, 2.24) is 4.90 Å². The van der Waals surface area contributed by atoms with Crippen LogP contribution in [0.15, 0.2) is 58.6 Å². The first-order chi connectivity index (χ1) is 13.7. The van der Waals surface area contributed by atoms with Crippen molar-refractivity contribution >= 4 is 45.0 Å². The van der Waals surface area contributed by atoms with Crippen LogP contribution in [0.4, 0.5) is 5.69 Å². The number of nitro groups is 1. The maximum atomic E-state index is 12.6. The smallest absolute Gasteiger partial charge is 0.323 e. The number of carboxylic acids is 1. The van der Waals surface area contributed by atoms with Crippen LogP contribution in [0.25, 0.3) is 5.76 Å². The number of hydrogen-bond donors (Lipinski definition) is 2. The summed E-state index contributed by atoms with van der Waals surface area (Å²) in [5.74, 6) is -3.94. The molecule has 0 aliphatic carbocycles. The average Bonchev–Trinajstić information content (AvgIpc) is 2.92. The van der Waals surface area contributed by atoms with E-state index in [1.807, 2.05) is 0 Å². The number of likely N-dealkylation sites (tertiary alicyclic amines) is 1. The SMILES string of the molecule is O=C(O)CN1C(=O)C(=O)C(=C(O)c2ccc([N+](=O)[O-])cc2)[C@H]1c1ccc(Br)cc1. The Morgan fingerprint density at radius 1 is 1.07 bits per heavy atom. The quantitative estimate of drug-likeness (QED) is 0.230. The van der Waals surface area contributed by atoms with Gasteiger partial charge in [0.25, 0.3) is 17.4 Å². The molecule has 1 heterocycles. The standard InChI is InChI=1S/C19H13BrN2O7/c20-12-5-1-10(2-6-12)16-15(18(26)19(27)21(16)9-14(23)24)17(25)11-3-7-13(8-4-11)22(28)29/h1-8,16,25H,9H2,(H,23,24)/t16-/m1/s1. The number of aliphatic hydroxyl groups is 1. The number of amides is 1. The summed E-state index contributed by atoms with van der Waals surface area (Å²) in [4.78, 5) is 47.4. The van der Waals surface area contributed by atoms with Crippen LogP contribution in [0, 0.1) is 10.1 Å². The van der Waals surface area contributed by atoms with E-state index in [1.54, 1.807) is 24.3 Å². The highest BCUT2D eigenvalue weighted by Gasteiger charge is 2.46. The van der Waals surface area contributed by atoms with Crippen LogP contribution in [0.2, 0.25) is 0 Å². The maximum Gasteiger partial charge on any atom is 0.323 e. The number of rotatable bonds is 5. The first kappa shape index (κ1) is 20.2. The molecule has 0 radical (unpaired) electrons. The molecule has 0 unspecified atom stereocenters. The minimum Gasteiger partial charge on any atom is -0.507 e. The highest BCUT2D eigenvalue weighted by molar-refractivity contribution is 9.10. The van der Waals surface area contributed by atoms with Gasteiger partial charge in [-0.25, -0.2) is 0 Å². The van der Waals surface area contributed by atoms with E-state index in [0.717, 1.165) is 21.5 Å². The number of carbonyl (C=O) groups is 3. The molecule has 1 amide bonds. The number of carbonyl (C=O) groups excluding carboxylic acids is 2. The summed E-state index contributed by atoms with van der Waals surface area (Å²) in [7, 11) is 0. The molecule has 0 bridgehead atoms. The van der Waals surface area contributed by atoms with Gasteiger partial charge in [-0.05, 0) is 29.8 Å². The molecule has 2 N–H and O–H groups in total. The molecule has 1 saturated heterocycles. The second-order valence-electron chi connectivity index (χ2n) is 6.18. The number of Topliss-reactive ketones (excluding diaryl/α,β-unsaturated/α-hetero) is 1. The average molecular weight is 461 g/mol. The van der Waals surface area contributed by atoms with Crippen LogP contribution >= 0.6 is 15.9 Å². The van der Waals surface area contributed by atoms with Crippen molar-refractivity contribution in [2.24, 2.45) is 0 Å². The Balaban J connectivity index is 2.16. The summed E-state index contributed by atoms with van der Waals surface area (Å²) in [6.45, 7) is -0.734. The van der Waals surface area contributed by atoms with Crippen LogP contribution in [0.5, 0.6) is 0 Å². The van der Waals surface area contributed by atoms with Crippen molar-refractivity contribution in [3.05, 3.63) is 79.8 Å². The number of aliphatic carboxylic acids is 1. The van der Waals surface area contributed by atoms with Gasteiger partial charge in [0, 0.05) is 22.2 Å². The van der Waals surface area contributed by atoms with Crippen molar-refractivity contribution in [3.8, 4) is 0 Å². The molecule has 1 aliphatic rings. The van der Waals surface area contributed by atoms with Gasteiger partial charge in [0.05, 0.1) is 16.5 Å². The highest BCUT2D eigenvalue weighted by Crippen LogP contribution is 2.39. The van der Waals surface area contributed by atoms with E-state index >= 15 is 0 Å². The van der Waals surface area contributed by atoms with Crippen molar-refractivity contribution in [2.75, 3.05) is 6.54 Å². The van der Waals surface area contributed by atoms with Gasteiger partial charge < -0.3 is 15.1 Å². The Labute approximate surface area is 172 Å². The maximum absolute atomic E-state index is 12.6.